The maximum Gasteiger partial charge on any atom is 0.417 e. The molecule has 36 heavy (non-hydrogen) atoms. The molecule has 0 saturated heterocycles. The number of hydrogen-bond acceptors (Lipinski definition) is 5. The second kappa shape index (κ2) is 13.8. The summed E-state index contributed by atoms with van der Waals surface area (Å²) < 4.78 is 47.8. The predicted octanol–water partition coefficient (Wildman–Crippen LogP) is 4.66. The molecular formula is C27H36F3N3O3. The molecule has 0 aliphatic rings. The molecular weight excluding hydrogens is 471 g/mol. The number of rotatable bonds is 5. The summed E-state index contributed by atoms with van der Waals surface area (Å²) >= 11 is 0. The number of aromatic nitrogens is 1. The SMILES string of the molecule is CC.COC(=O)CN.Cc1cccc(Cc2c(C(F)(F)F)c3cc(CN(C)C)ccc3n(C)c2=O)c1. The van der Waals surface area contributed by atoms with Gasteiger partial charge in [-0.3, -0.25) is 9.59 Å². The predicted molar refractivity (Wildman–Crippen MR) is 138 cm³/mol. The Balaban J connectivity index is 0.000000710. The third-order valence-electron chi connectivity index (χ3n) is 5.20. The molecule has 0 amide bonds. The van der Waals surface area contributed by atoms with Crippen LogP contribution in [0, 0.1) is 6.92 Å². The average molecular weight is 508 g/mol. The highest BCUT2D eigenvalue weighted by Crippen LogP contribution is 2.37. The number of pyridine rings is 1. The van der Waals surface area contributed by atoms with Crippen LogP contribution in [0.2, 0.25) is 0 Å². The number of benzene rings is 2. The zero-order chi connectivity index (χ0) is 27.6. The zero-order valence-corrected chi connectivity index (χ0v) is 22.0. The van der Waals surface area contributed by atoms with Crippen LogP contribution < -0.4 is 11.3 Å². The van der Waals surface area contributed by atoms with Crippen LogP contribution in [0.3, 0.4) is 0 Å². The Morgan fingerprint density at radius 3 is 2.19 bits per heavy atom. The van der Waals surface area contributed by atoms with Crippen molar-refractivity contribution in [2.45, 2.75) is 39.9 Å². The van der Waals surface area contributed by atoms with Crippen molar-refractivity contribution in [1.29, 1.82) is 0 Å². The van der Waals surface area contributed by atoms with Gasteiger partial charge in [0, 0.05) is 31.0 Å². The fourth-order valence-corrected chi connectivity index (χ4v) is 3.72. The smallest absolute Gasteiger partial charge is 0.417 e. The quantitative estimate of drug-likeness (QED) is 0.508. The number of ether oxygens (including phenoxy) is 1. The monoisotopic (exact) mass is 507 g/mol. The summed E-state index contributed by atoms with van der Waals surface area (Å²) in [6.07, 6.45) is -4.68. The van der Waals surface area contributed by atoms with E-state index < -0.39 is 17.3 Å². The van der Waals surface area contributed by atoms with Gasteiger partial charge in [0.05, 0.1) is 24.7 Å². The molecule has 1 heterocycles. The van der Waals surface area contributed by atoms with Crippen molar-refractivity contribution < 1.29 is 22.7 Å². The second-order valence-electron chi connectivity index (χ2n) is 8.25. The summed E-state index contributed by atoms with van der Waals surface area (Å²) in [5.41, 5.74) is 5.84. The van der Waals surface area contributed by atoms with E-state index in [2.05, 4.69) is 4.74 Å². The maximum atomic E-state index is 14.1. The Labute approximate surface area is 210 Å². The number of esters is 1. The molecule has 0 radical (unpaired) electrons. The molecule has 0 saturated carbocycles. The minimum Gasteiger partial charge on any atom is -0.468 e. The van der Waals surface area contributed by atoms with Gasteiger partial charge in [0.2, 0.25) is 0 Å². The first-order valence-corrected chi connectivity index (χ1v) is 11.6. The lowest BCUT2D eigenvalue weighted by atomic mass is 9.95. The zero-order valence-electron chi connectivity index (χ0n) is 22.0. The average Bonchev–Trinajstić information content (AvgIpc) is 2.82. The van der Waals surface area contributed by atoms with Crippen LogP contribution in [0.15, 0.2) is 47.3 Å². The van der Waals surface area contributed by atoms with Crippen molar-refractivity contribution in [2.75, 3.05) is 27.7 Å². The van der Waals surface area contributed by atoms with Crippen LogP contribution in [-0.2, 0) is 35.7 Å². The molecule has 0 bridgehead atoms. The molecule has 0 spiro atoms. The Kier molecular flexibility index (Phi) is 11.8. The van der Waals surface area contributed by atoms with Gasteiger partial charge in [0.15, 0.2) is 0 Å². The van der Waals surface area contributed by atoms with Crippen LogP contribution in [0.25, 0.3) is 10.9 Å². The summed E-state index contributed by atoms with van der Waals surface area (Å²) in [5.74, 6) is -0.380. The van der Waals surface area contributed by atoms with Gasteiger partial charge in [-0.2, -0.15) is 13.2 Å². The molecule has 0 aliphatic carbocycles. The Morgan fingerprint density at radius 2 is 1.72 bits per heavy atom. The van der Waals surface area contributed by atoms with E-state index in [4.69, 9.17) is 5.73 Å². The minimum atomic E-state index is -4.62. The number of alkyl halides is 3. The van der Waals surface area contributed by atoms with Gasteiger partial charge >= 0.3 is 12.1 Å². The first kappa shape index (κ1) is 30.9. The lowest BCUT2D eigenvalue weighted by Crippen LogP contribution is -2.27. The number of halogens is 3. The summed E-state index contributed by atoms with van der Waals surface area (Å²) in [5, 5.41) is 0.0663. The van der Waals surface area contributed by atoms with E-state index in [-0.39, 0.29) is 35.4 Å². The maximum absolute atomic E-state index is 14.1. The number of nitrogens with two attached hydrogens (primary N) is 1. The number of methoxy groups -OCH3 is 1. The van der Waals surface area contributed by atoms with Crippen molar-refractivity contribution in [3.63, 3.8) is 0 Å². The van der Waals surface area contributed by atoms with Crippen molar-refractivity contribution in [1.82, 2.24) is 9.47 Å². The van der Waals surface area contributed by atoms with Crippen LogP contribution in [0.5, 0.6) is 0 Å². The number of hydrogen-bond donors (Lipinski definition) is 1. The van der Waals surface area contributed by atoms with E-state index in [0.717, 1.165) is 11.1 Å². The number of nitrogens with zero attached hydrogens (tertiary/aromatic N) is 2. The lowest BCUT2D eigenvalue weighted by Gasteiger charge is -2.19. The van der Waals surface area contributed by atoms with Gasteiger partial charge in [-0.15, -0.1) is 0 Å². The van der Waals surface area contributed by atoms with Crippen LogP contribution in [0.1, 0.15) is 41.7 Å². The minimum absolute atomic E-state index is 0.0312. The Morgan fingerprint density at radius 1 is 1.08 bits per heavy atom. The number of fused-ring (bicyclic) bond motifs is 1. The van der Waals surface area contributed by atoms with E-state index >= 15 is 0 Å². The molecule has 0 atom stereocenters. The summed E-state index contributed by atoms with van der Waals surface area (Å²) in [6.45, 7) is 6.36. The van der Waals surface area contributed by atoms with Crippen molar-refractivity contribution >= 4 is 16.9 Å². The molecule has 2 N–H and O–H groups in total. The topological polar surface area (TPSA) is 77.6 Å². The molecule has 9 heteroatoms. The van der Waals surface area contributed by atoms with E-state index in [0.29, 0.717) is 12.1 Å². The first-order chi connectivity index (χ1) is 16.9. The molecule has 3 aromatic rings. The van der Waals surface area contributed by atoms with Gasteiger partial charge in [0.25, 0.3) is 5.56 Å². The fraction of sp³-hybridized carbons (Fsp3) is 0.407. The van der Waals surface area contributed by atoms with Crippen molar-refractivity contribution in [2.24, 2.45) is 12.8 Å². The molecule has 6 nitrogen and oxygen atoms in total. The third kappa shape index (κ3) is 8.20. The number of aryl methyl sites for hydroxylation is 2. The highest BCUT2D eigenvalue weighted by atomic mass is 19.4. The van der Waals surface area contributed by atoms with Crippen LogP contribution in [-0.4, -0.2) is 43.2 Å². The lowest BCUT2D eigenvalue weighted by molar-refractivity contribution is -0.139. The molecule has 0 aliphatic heterocycles. The van der Waals surface area contributed by atoms with Crippen LogP contribution in [0.4, 0.5) is 13.2 Å². The third-order valence-corrected chi connectivity index (χ3v) is 5.20. The molecule has 0 fully saturated rings. The molecule has 2 aromatic carbocycles. The standard InChI is InChI=1S/C22H23F3N2O.C3H7NO2.C2H6/c1-14-6-5-7-15(10-14)11-18-20(22(23,24)25)17-12-16(13-26(2)3)8-9-19(17)27(4)21(18)28;1-6-3(5)2-4;1-2/h5-10,12H,11,13H2,1-4H3;2,4H2,1H3;1-2H3. The first-order valence-electron chi connectivity index (χ1n) is 11.6. The van der Waals surface area contributed by atoms with Gasteiger partial charge in [0.1, 0.15) is 0 Å². The van der Waals surface area contributed by atoms with E-state index in [1.807, 2.05) is 51.9 Å². The number of carbonyl (C=O) groups excluding carboxylic acids is 1. The molecule has 0 unspecified atom stereocenters. The van der Waals surface area contributed by atoms with Gasteiger partial charge in [-0.1, -0.05) is 49.7 Å². The Hall–Kier alpha value is -3.17. The molecule has 3 rings (SSSR count). The van der Waals surface area contributed by atoms with Crippen molar-refractivity contribution in [3.8, 4) is 0 Å². The van der Waals surface area contributed by atoms with Gasteiger partial charge < -0.3 is 19.9 Å². The Bertz CT molecular complexity index is 1210. The molecule has 1 aromatic heterocycles. The van der Waals surface area contributed by atoms with E-state index in [1.165, 1.54) is 18.7 Å². The van der Waals surface area contributed by atoms with Gasteiger partial charge in [-0.25, -0.2) is 0 Å². The summed E-state index contributed by atoms with van der Waals surface area (Å²) in [7, 11) is 6.54. The highest BCUT2D eigenvalue weighted by molar-refractivity contribution is 5.85. The normalized spacial score (nSPS) is 10.9. The second-order valence-corrected chi connectivity index (χ2v) is 8.25. The van der Waals surface area contributed by atoms with E-state index in [9.17, 15) is 22.8 Å². The molecule has 198 valence electrons. The van der Waals surface area contributed by atoms with Gasteiger partial charge in [-0.05, 0) is 44.3 Å². The van der Waals surface area contributed by atoms with Crippen LogP contribution >= 0.6 is 0 Å². The van der Waals surface area contributed by atoms with Crippen molar-refractivity contribution in [3.05, 3.63) is 80.6 Å². The summed E-state index contributed by atoms with van der Waals surface area (Å²) in [6, 6.07) is 12.1. The summed E-state index contributed by atoms with van der Waals surface area (Å²) in [4.78, 5) is 24.6. The highest BCUT2D eigenvalue weighted by Gasteiger charge is 2.37. The van der Waals surface area contributed by atoms with E-state index in [1.54, 1.807) is 30.3 Å². The fourth-order valence-electron chi connectivity index (χ4n) is 3.72. The number of carbonyl (C=O) groups is 1. The largest absolute Gasteiger partial charge is 0.468 e.